The summed E-state index contributed by atoms with van der Waals surface area (Å²) in [5.41, 5.74) is -0.124. The number of halogens is 1. The van der Waals surface area contributed by atoms with Gasteiger partial charge in [0.1, 0.15) is 35.0 Å². The molecule has 0 aliphatic carbocycles. The van der Waals surface area contributed by atoms with Crippen molar-refractivity contribution in [2.24, 2.45) is 0 Å². The van der Waals surface area contributed by atoms with Crippen LogP contribution in [0.1, 0.15) is 13.3 Å². The second-order valence-corrected chi connectivity index (χ2v) is 8.76. The Hall–Kier alpha value is -4.03. The zero-order valence-electron chi connectivity index (χ0n) is 21.3. The van der Waals surface area contributed by atoms with Gasteiger partial charge in [0, 0.05) is 24.2 Å². The average molecular weight is 570 g/mol. The molecule has 0 spiro atoms. The van der Waals surface area contributed by atoms with E-state index in [1.165, 1.54) is 18.4 Å². The van der Waals surface area contributed by atoms with Gasteiger partial charge in [0.25, 0.3) is 17.4 Å². The number of benzene rings is 3. The van der Waals surface area contributed by atoms with E-state index in [2.05, 4.69) is 15.6 Å². The summed E-state index contributed by atoms with van der Waals surface area (Å²) >= 11 is 0. The minimum atomic E-state index is -1.96. The number of oxazole rings is 1. The van der Waals surface area contributed by atoms with Crippen LogP contribution >= 0.6 is 0 Å². The number of hydrogen-bond acceptors (Lipinski definition) is 8. The molecule has 4 aromatic rings. The van der Waals surface area contributed by atoms with Gasteiger partial charge in [-0.3, -0.25) is 20.2 Å². The molecule has 1 aliphatic rings. The molecule has 1 aromatic heterocycles. The molecule has 12 heteroatoms. The van der Waals surface area contributed by atoms with Gasteiger partial charge < -0.3 is 18.6 Å². The zero-order valence-corrected chi connectivity index (χ0v) is 21.3. The summed E-state index contributed by atoms with van der Waals surface area (Å²) in [7, 11) is 0. The quantitative estimate of drug-likeness (QED) is 0.165. The van der Waals surface area contributed by atoms with Crippen molar-refractivity contribution in [3.05, 3.63) is 84.9 Å². The van der Waals surface area contributed by atoms with Crippen LogP contribution in [0, 0.1) is 5.82 Å². The van der Waals surface area contributed by atoms with Crippen molar-refractivity contribution in [1.82, 2.24) is 15.6 Å². The summed E-state index contributed by atoms with van der Waals surface area (Å²) in [6, 6.07) is 18.5. The van der Waals surface area contributed by atoms with Gasteiger partial charge in [-0.15, -0.1) is 0 Å². The number of rotatable bonds is 10. The molecule has 3 aromatic carbocycles. The molecule has 4 amide bonds. The summed E-state index contributed by atoms with van der Waals surface area (Å²) in [6.07, 6.45) is 1.38. The third kappa shape index (κ3) is 6.83. The Morgan fingerprint density at radius 3 is 2.15 bits per heavy atom. The van der Waals surface area contributed by atoms with E-state index < -0.39 is 23.4 Å². The van der Waals surface area contributed by atoms with Crippen LogP contribution in [0.3, 0.4) is 0 Å². The molecule has 0 atom stereocenters. The first kappa shape index (κ1) is 29.9. The molecular formula is C29H25FN3NaO7. The van der Waals surface area contributed by atoms with E-state index in [1.807, 2.05) is 0 Å². The molecule has 1 fully saturated rings. The first-order valence-corrected chi connectivity index (χ1v) is 12.4. The minimum absolute atomic E-state index is 0. The van der Waals surface area contributed by atoms with Crippen LogP contribution < -0.4 is 20.1 Å². The Morgan fingerprint density at radius 2 is 1.51 bits per heavy atom. The average Bonchev–Trinajstić information content (AvgIpc) is 3.44. The number of urea groups is 1. The summed E-state index contributed by atoms with van der Waals surface area (Å²) in [5.74, 6) is -0.482. The molecule has 0 bridgehead atoms. The monoisotopic (exact) mass is 569 g/mol. The van der Waals surface area contributed by atoms with Crippen LogP contribution in [0.15, 0.2) is 83.5 Å². The van der Waals surface area contributed by atoms with Gasteiger partial charge in [0.15, 0.2) is 0 Å². The maximum atomic E-state index is 13.5. The molecule has 2 N–H and O–H groups in total. The molecule has 0 unspecified atom stereocenters. The molecule has 5 rings (SSSR count). The zero-order chi connectivity index (χ0) is 28.1. The summed E-state index contributed by atoms with van der Waals surface area (Å²) in [6.45, 7) is 2.24. The van der Waals surface area contributed by atoms with Crippen LogP contribution in [0.5, 0.6) is 17.2 Å². The fraction of sp³-hybridized carbons (Fsp3) is 0.172. The van der Waals surface area contributed by atoms with E-state index in [9.17, 15) is 18.8 Å². The van der Waals surface area contributed by atoms with Crippen LogP contribution in [0.4, 0.5) is 9.18 Å². The predicted molar refractivity (Wildman–Crippen MR) is 147 cm³/mol. The number of imide groups is 2. The first-order chi connectivity index (χ1) is 19.4. The molecule has 1 saturated heterocycles. The second kappa shape index (κ2) is 13.1. The van der Waals surface area contributed by atoms with Gasteiger partial charge >= 0.3 is 35.6 Å². The van der Waals surface area contributed by atoms with Gasteiger partial charge in [-0.05, 0) is 67.6 Å². The van der Waals surface area contributed by atoms with E-state index in [4.69, 9.17) is 18.6 Å². The Morgan fingerprint density at radius 1 is 0.878 bits per heavy atom. The number of ether oxygens (including phenoxy) is 3. The molecule has 41 heavy (non-hydrogen) atoms. The van der Waals surface area contributed by atoms with Crippen LogP contribution in [-0.4, -0.2) is 71.2 Å². The third-order valence-electron chi connectivity index (χ3n) is 6.07. The van der Waals surface area contributed by atoms with Crippen molar-refractivity contribution >= 4 is 47.4 Å². The second-order valence-electron chi connectivity index (χ2n) is 8.76. The SMILES string of the molecule is CCOCCC1(Oc2ccc(Oc3ccc(-c4nc(-c5cccc(F)c5)co4)cc3)cc2)C(=O)NC(=O)NC1=O.[NaH]. The third-order valence-corrected chi connectivity index (χ3v) is 6.07. The van der Waals surface area contributed by atoms with Crippen molar-refractivity contribution in [1.29, 1.82) is 0 Å². The van der Waals surface area contributed by atoms with E-state index in [1.54, 1.807) is 67.6 Å². The maximum absolute atomic E-state index is 13.5. The molecule has 10 nitrogen and oxygen atoms in total. The van der Waals surface area contributed by atoms with Crippen LogP contribution in [0.25, 0.3) is 22.7 Å². The van der Waals surface area contributed by atoms with Gasteiger partial charge in [0.05, 0.1) is 6.61 Å². The fourth-order valence-corrected chi connectivity index (χ4v) is 4.04. The fourth-order valence-electron chi connectivity index (χ4n) is 4.04. The molecular weight excluding hydrogens is 544 g/mol. The van der Waals surface area contributed by atoms with Crippen molar-refractivity contribution < 1.29 is 37.4 Å². The number of barbiturate groups is 1. The van der Waals surface area contributed by atoms with E-state index in [0.29, 0.717) is 40.8 Å². The van der Waals surface area contributed by atoms with Gasteiger partial charge in [-0.25, -0.2) is 14.2 Å². The molecule has 206 valence electrons. The molecule has 2 heterocycles. The van der Waals surface area contributed by atoms with Crippen molar-refractivity contribution in [2.75, 3.05) is 13.2 Å². The van der Waals surface area contributed by atoms with Crippen LogP contribution in [-0.2, 0) is 14.3 Å². The normalized spacial score (nSPS) is 14.0. The number of carbonyl (C=O) groups excluding carboxylic acids is 3. The Labute approximate surface area is 256 Å². The number of hydrogen-bond donors (Lipinski definition) is 2. The topological polar surface area (TPSA) is 129 Å². The van der Waals surface area contributed by atoms with Gasteiger partial charge in [-0.1, -0.05) is 12.1 Å². The Balaban J connectivity index is 0.00000387. The van der Waals surface area contributed by atoms with Crippen molar-refractivity contribution in [2.45, 2.75) is 18.9 Å². The number of nitrogens with zero attached hydrogens (tertiary/aromatic N) is 1. The summed E-state index contributed by atoms with van der Waals surface area (Å²) < 4.78 is 36.1. The van der Waals surface area contributed by atoms with E-state index >= 15 is 0 Å². The number of amides is 4. The van der Waals surface area contributed by atoms with E-state index in [0.717, 1.165) is 0 Å². The van der Waals surface area contributed by atoms with Crippen LogP contribution in [0.2, 0.25) is 0 Å². The van der Waals surface area contributed by atoms with Crippen molar-refractivity contribution in [3.63, 3.8) is 0 Å². The molecule has 1 aliphatic heterocycles. The summed E-state index contributed by atoms with van der Waals surface area (Å²) in [4.78, 5) is 41.3. The number of carbonyl (C=O) groups is 3. The number of nitrogens with one attached hydrogen (secondary N) is 2. The summed E-state index contributed by atoms with van der Waals surface area (Å²) in [5, 5.41) is 4.16. The predicted octanol–water partition coefficient (Wildman–Crippen LogP) is 4.20. The van der Waals surface area contributed by atoms with Gasteiger partial charge in [0.2, 0.25) is 5.89 Å². The first-order valence-electron chi connectivity index (χ1n) is 12.4. The number of aromatic nitrogens is 1. The van der Waals surface area contributed by atoms with Gasteiger partial charge in [-0.2, -0.15) is 0 Å². The van der Waals surface area contributed by atoms with Crippen molar-refractivity contribution in [3.8, 4) is 40.0 Å². The Bertz CT molecular complexity index is 1520. The molecule has 0 radical (unpaired) electrons. The standard InChI is InChI=1S/C29H24FN3O7.Na.H/c1-2-37-15-14-29(26(34)32-28(36)33-27(29)35)40-23-12-10-22(11-13-23)39-21-8-6-18(7-9-21)25-31-24(17-38-25)19-4-3-5-20(30)16-19;;/h3-13,16-17H,2,14-15H2,1H3,(H2,32,33,34,35,36);;. The molecule has 0 saturated carbocycles. The Kier molecular flexibility index (Phi) is 9.56. The van der Waals surface area contributed by atoms with E-state index in [-0.39, 0.29) is 54.2 Å².